The summed E-state index contributed by atoms with van der Waals surface area (Å²) in [6, 6.07) is 5.73. The van der Waals surface area contributed by atoms with E-state index in [0.29, 0.717) is 18.0 Å². The fourth-order valence-corrected chi connectivity index (χ4v) is 1.56. The van der Waals surface area contributed by atoms with Crippen LogP contribution >= 0.6 is 0 Å². The van der Waals surface area contributed by atoms with E-state index in [-0.39, 0.29) is 12.1 Å². The molecule has 0 radical (unpaired) electrons. The lowest BCUT2D eigenvalue weighted by Crippen LogP contribution is -2.42. The van der Waals surface area contributed by atoms with Crippen LogP contribution in [0.1, 0.15) is 26.3 Å². The zero-order valence-corrected chi connectivity index (χ0v) is 12.5. The molecule has 4 heteroatoms. The number of hydrogen-bond donors (Lipinski definition) is 2. The van der Waals surface area contributed by atoms with Crippen molar-refractivity contribution in [2.75, 3.05) is 20.3 Å². The van der Waals surface area contributed by atoms with Crippen LogP contribution in [0.5, 0.6) is 11.5 Å². The summed E-state index contributed by atoms with van der Waals surface area (Å²) >= 11 is 0. The first-order valence-electron chi connectivity index (χ1n) is 6.52. The highest BCUT2D eigenvalue weighted by atomic mass is 16.5. The lowest BCUT2D eigenvalue weighted by atomic mass is 10.1. The van der Waals surface area contributed by atoms with Crippen LogP contribution in [0.4, 0.5) is 0 Å². The molecule has 1 unspecified atom stereocenters. The second-order valence-corrected chi connectivity index (χ2v) is 5.75. The Labute approximate surface area is 115 Å². The highest BCUT2D eigenvalue weighted by molar-refractivity contribution is 5.42. The number of methoxy groups -OCH3 is 1. The number of ether oxygens (including phenoxy) is 2. The number of nitrogens with one attached hydrogen (secondary N) is 1. The smallest absolute Gasteiger partial charge is 0.161 e. The van der Waals surface area contributed by atoms with E-state index in [1.807, 2.05) is 25.1 Å². The maximum Gasteiger partial charge on any atom is 0.161 e. The largest absolute Gasteiger partial charge is 0.493 e. The standard InChI is InChI=1S/C15H25NO3/c1-11-6-7-13(14(8-11)18-5)19-10-12(17)9-16-15(2,3)4/h6-8,12,16-17H,9-10H2,1-5H3. The SMILES string of the molecule is COc1cc(C)ccc1OCC(O)CNC(C)(C)C. The summed E-state index contributed by atoms with van der Waals surface area (Å²) in [4.78, 5) is 0. The third-order valence-corrected chi connectivity index (χ3v) is 2.62. The quantitative estimate of drug-likeness (QED) is 0.829. The third-order valence-electron chi connectivity index (χ3n) is 2.62. The Balaban J connectivity index is 2.48. The maximum atomic E-state index is 9.86. The second kappa shape index (κ2) is 6.78. The first kappa shape index (κ1) is 15.8. The first-order valence-corrected chi connectivity index (χ1v) is 6.52. The number of β-amino-alcohol motifs (C(OH)–C–C–N with tert-alkyl or cyclic N) is 1. The van der Waals surface area contributed by atoms with Gasteiger partial charge in [0.25, 0.3) is 0 Å². The minimum absolute atomic E-state index is 0.0114. The number of aliphatic hydroxyl groups is 1. The Morgan fingerprint density at radius 1 is 1.26 bits per heavy atom. The van der Waals surface area contributed by atoms with Crippen LogP contribution in [0.2, 0.25) is 0 Å². The molecule has 0 amide bonds. The fourth-order valence-electron chi connectivity index (χ4n) is 1.56. The van der Waals surface area contributed by atoms with Gasteiger partial charge in [-0.3, -0.25) is 0 Å². The molecule has 1 aromatic carbocycles. The van der Waals surface area contributed by atoms with Gasteiger partial charge in [-0.1, -0.05) is 6.07 Å². The van der Waals surface area contributed by atoms with Crippen molar-refractivity contribution in [1.82, 2.24) is 5.32 Å². The molecule has 1 aromatic rings. The van der Waals surface area contributed by atoms with E-state index >= 15 is 0 Å². The second-order valence-electron chi connectivity index (χ2n) is 5.75. The summed E-state index contributed by atoms with van der Waals surface area (Å²) in [7, 11) is 1.61. The van der Waals surface area contributed by atoms with Crippen LogP contribution in [-0.2, 0) is 0 Å². The van der Waals surface area contributed by atoms with Crippen molar-refractivity contribution in [1.29, 1.82) is 0 Å². The van der Waals surface area contributed by atoms with Gasteiger partial charge in [0.2, 0.25) is 0 Å². The van der Waals surface area contributed by atoms with Crippen LogP contribution in [0.25, 0.3) is 0 Å². The Hall–Kier alpha value is -1.26. The monoisotopic (exact) mass is 267 g/mol. The van der Waals surface area contributed by atoms with E-state index in [2.05, 4.69) is 26.1 Å². The van der Waals surface area contributed by atoms with Crippen LogP contribution in [0, 0.1) is 6.92 Å². The van der Waals surface area contributed by atoms with Gasteiger partial charge in [0.1, 0.15) is 12.7 Å². The Kier molecular flexibility index (Phi) is 5.63. The van der Waals surface area contributed by atoms with Crippen molar-refractivity contribution in [3.8, 4) is 11.5 Å². The molecule has 0 fully saturated rings. The summed E-state index contributed by atoms with van der Waals surface area (Å²) < 4.78 is 10.8. The molecular formula is C15H25NO3. The van der Waals surface area contributed by atoms with Crippen LogP contribution < -0.4 is 14.8 Å². The molecule has 0 saturated heterocycles. The topological polar surface area (TPSA) is 50.7 Å². The zero-order chi connectivity index (χ0) is 14.5. The van der Waals surface area contributed by atoms with Crippen LogP contribution in [-0.4, -0.2) is 37.0 Å². The van der Waals surface area contributed by atoms with Gasteiger partial charge in [0.15, 0.2) is 11.5 Å². The minimum atomic E-state index is -0.551. The van der Waals surface area contributed by atoms with Gasteiger partial charge in [-0.15, -0.1) is 0 Å². The highest BCUT2D eigenvalue weighted by Gasteiger charge is 2.13. The zero-order valence-electron chi connectivity index (χ0n) is 12.5. The van der Waals surface area contributed by atoms with E-state index in [9.17, 15) is 5.11 Å². The summed E-state index contributed by atoms with van der Waals surface area (Å²) in [5.74, 6) is 1.35. The van der Waals surface area contributed by atoms with Crippen molar-refractivity contribution in [3.63, 3.8) is 0 Å². The van der Waals surface area contributed by atoms with E-state index in [0.717, 1.165) is 5.56 Å². The molecule has 0 heterocycles. The lowest BCUT2D eigenvalue weighted by Gasteiger charge is -2.23. The van der Waals surface area contributed by atoms with Gasteiger partial charge in [-0.05, 0) is 45.4 Å². The molecule has 0 spiro atoms. The lowest BCUT2D eigenvalue weighted by molar-refractivity contribution is 0.0985. The molecule has 1 rings (SSSR count). The molecular weight excluding hydrogens is 242 g/mol. The fraction of sp³-hybridized carbons (Fsp3) is 0.600. The van der Waals surface area contributed by atoms with E-state index < -0.39 is 6.10 Å². The van der Waals surface area contributed by atoms with Gasteiger partial charge < -0.3 is 19.9 Å². The van der Waals surface area contributed by atoms with Crippen molar-refractivity contribution in [3.05, 3.63) is 23.8 Å². The van der Waals surface area contributed by atoms with Gasteiger partial charge in [0, 0.05) is 12.1 Å². The normalized spacial score (nSPS) is 13.2. The Morgan fingerprint density at radius 2 is 1.95 bits per heavy atom. The predicted molar refractivity (Wildman–Crippen MR) is 77.0 cm³/mol. The Bertz CT molecular complexity index is 399. The van der Waals surface area contributed by atoms with Crippen LogP contribution in [0.3, 0.4) is 0 Å². The molecule has 108 valence electrons. The maximum absolute atomic E-state index is 9.86. The Morgan fingerprint density at radius 3 is 2.53 bits per heavy atom. The van der Waals surface area contributed by atoms with Gasteiger partial charge in [-0.25, -0.2) is 0 Å². The van der Waals surface area contributed by atoms with Crippen molar-refractivity contribution >= 4 is 0 Å². The number of benzene rings is 1. The first-order chi connectivity index (χ1) is 8.81. The van der Waals surface area contributed by atoms with Crippen molar-refractivity contribution < 1.29 is 14.6 Å². The summed E-state index contributed by atoms with van der Waals surface area (Å²) in [5.41, 5.74) is 1.10. The van der Waals surface area contributed by atoms with E-state index in [4.69, 9.17) is 9.47 Å². The molecule has 19 heavy (non-hydrogen) atoms. The highest BCUT2D eigenvalue weighted by Crippen LogP contribution is 2.27. The summed E-state index contributed by atoms with van der Waals surface area (Å²) in [5, 5.41) is 13.1. The molecule has 1 atom stereocenters. The number of hydrogen-bond acceptors (Lipinski definition) is 4. The predicted octanol–water partition coefficient (Wildman–Crippen LogP) is 2.13. The van der Waals surface area contributed by atoms with Gasteiger partial charge >= 0.3 is 0 Å². The number of rotatable bonds is 6. The van der Waals surface area contributed by atoms with E-state index in [1.165, 1.54) is 0 Å². The third kappa shape index (κ3) is 5.94. The number of aryl methyl sites for hydroxylation is 1. The van der Waals surface area contributed by atoms with Gasteiger partial charge in [-0.2, -0.15) is 0 Å². The number of aliphatic hydroxyl groups excluding tert-OH is 1. The summed E-state index contributed by atoms with van der Waals surface area (Å²) in [6.07, 6.45) is -0.551. The molecule has 0 bridgehead atoms. The molecule has 0 aromatic heterocycles. The average Bonchev–Trinajstić information content (AvgIpc) is 2.33. The minimum Gasteiger partial charge on any atom is -0.493 e. The molecule has 0 saturated carbocycles. The summed E-state index contributed by atoms with van der Waals surface area (Å²) in [6.45, 7) is 8.91. The van der Waals surface area contributed by atoms with E-state index in [1.54, 1.807) is 7.11 Å². The molecule has 0 aliphatic carbocycles. The van der Waals surface area contributed by atoms with Crippen molar-refractivity contribution in [2.24, 2.45) is 0 Å². The van der Waals surface area contributed by atoms with Crippen LogP contribution in [0.15, 0.2) is 18.2 Å². The molecule has 4 nitrogen and oxygen atoms in total. The molecule has 2 N–H and O–H groups in total. The molecule has 0 aliphatic rings. The van der Waals surface area contributed by atoms with Gasteiger partial charge in [0.05, 0.1) is 7.11 Å². The van der Waals surface area contributed by atoms with Crippen molar-refractivity contribution in [2.45, 2.75) is 39.3 Å². The average molecular weight is 267 g/mol. The molecule has 0 aliphatic heterocycles.